The van der Waals surface area contributed by atoms with Crippen molar-refractivity contribution in [1.29, 1.82) is 0 Å². The number of rotatable bonds is 8. The van der Waals surface area contributed by atoms with Gasteiger partial charge in [0.15, 0.2) is 28.6 Å². The highest BCUT2D eigenvalue weighted by molar-refractivity contribution is 5.89. The molecule has 0 unspecified atom stereocenters. The number of methoxy groups -OCH3 is 4. The summed E-state index contributed by atoms with van der Waals surface area (Å²) in [4.78, 5) is 2.41. The lowest BCUT2D eigenvalue weighted by Crippen LogP contribution is -2.30. The first-order valence-corrected chi connectivity index (χ1v) is 11.0. The summed E-state index contributed by atoms with van der Waals surface area (Å²) in [7, 11) is 6.54. The van der Waals surface area contributed by atoms with Gasteiger partial charge in [0.1, 0.15) is 6.61 Å². The number of benzene rings is 2. The third-order valence-corrected chi connectivity index (χ3v) is 6.09. The minimum Gasteiger partial charge on any atom is -0.493 e. The largest absolute Gasteiger partial charge is 0.493 e. The molecule has 3 heterocycles. The number of hydrogen-bond donors (Lipinski definition) is 0. The van der Waals surface area contributed by atoms with Gasteiger partial charge in [-0.2, -0.15) is 0 Å². The summed E-state index contributed by atoms with van der Waals surface area (Å²) >= 11 is 0. The van der Waals surface area contributed by atoms with Crippen LogP contribution < -0.4 is 14.2 Å². The van der Waals surface area contributed by atoms with E-state index < -0.39 is 0 Å². The standard InChI is InChI=1S/C25H27N3O6/c1-29-14-23-26-27-25(34-23)22-11-18-16(5-6-19(30-2)24(18)33-22)12-28-8-7-15-9-20(31-3)21(32-4)10-17(15)13-28/h5-6,9-11H,7-8,12-14H2,1-4H3. The van der Waals surface area contributed by atoms with E-state index in [1.807, 2.05) is 12.1 Å². The topological polar surface area (TPSA) is 92.2 Å². The third kappa shape index (κ3) is 4.08. The van der Waals surface area contributed by atoms with Gasteiger partial charge < -0.3 is 27.8 Å². The molecule has 0 bridgehead atoms. The molecular formula is C25H27N3O6. The Labute approximate surface area is 197 Å². The van der Waals surface area contributed by atoms with Gasteiger partial charge in [-0.25, -0.2) is 0 Å². The van der Waals surface area contributed by atoms with Crippen molar-refractivity contribution in [2.45, 2.75) is 26.1 Å². The number of fused-ring (bicyclic) bond motifs is 2. The van der Waals surface area contributed by atoms with Crippen molar-refractivity contribution < 1.29 is 27.8 Å². The van der Waals surface area contributed by atoms with Crippen LogP contribution in [0.5, 0.6) is 17.2 Å². The monoisotopic (exact) mass is 465 g/mol. The number of aromatic nitrogens is 2. The summed E-state index contributed by atoms with van der Waals surface area (Å²) in [5.74, 6) is 3.38. The fraction of sp³-hybridized carbons (Fsp3) is 0.360. The van der Waals surface area contributed by atoms with Crippen LogP contribution in [0.3, 0.4) is 0 Å². The van der Waals surface area contributed by atoms with E-state index in [1.165, 1.54) is 11.1 Å². The molecule has 0 atom stereocenters. The second-order valence-electron chi connectivity index (χ2n) is 8.15. The maximum absolute atomic E-state index is 6.10. The molecular weight excluding hydrogens is 438 g/mol. The Morgan fingerprint density at radius 2 is 1.65 bits per heavy atom. The molecule has 178 valence electrons. The molecule has 2 aromatic carbocycles. The Bertz CT molecular complexity index is 1310. The Kier molecular flexibility index (Phi) is 6.12. The molecule has 0 radical (unpaired) electrons. The van der Waals surface area contributed by atoms with E-state index in [0.717, 1.165) is 48.5 Å². The number of hydrogen-bond acceptors (Lipinski definition) is 9. The van der Waals surface area contributed by atoms with Gasteiger partial charge in [0.2, 0.25) is 5.89 Å². The van der Waals surface area contributed by atoms with Crippen LogP contribution in [0.25, 0.3) is 22.6 Å². The molecule has 1 aliphatic rings. The highest BCUT2D eigenvalue weighted by Gasteiger charge is 2.23. The van der Waals surface area contributed by atoms with E-state index in [1.54, 1.807) is 28.4 Å². The summed E-state index contributed by atoms with van der Waals surface area (Å²) in [5.41, 5.74) is 4.33. The van der Waals surface area contributed by atoms with Crippen LogP contribution in [0.2, 0.25) is 0 Å². The molecule has 2 aromatic heterocycles. The molecule has 9 nitrogen and oxygen atoms in total. The lowest BCUT2D eigenvalue weighted by molar-refractivity contribution is 0.160. The van der Waals surface area contributed by atoms with E-state index in [0.29, 0.717) is 28.9 Å². The maximum Gasteiger partial charge on any atom is 0.283 e. The molecule has 34 heavy (non-hydrogen) atoms. The van der Waals surface area contributed by atoms with Crippen LogP contribution in [0.4, 0.5) is 0 Å². The van der Waals surface area contributed by atoms with Gasteiger partial charge in [-0.1, -0.05) is 6.07 Å². The van der Waals surface area contributed by atoms with Crippen LogP contribution in [0.1, 0.15) is 22.6 Å². The van der Waals surface area contributed by atoms with Crippen molar-refractivity contribution in [3.8, 4) is 28.9 Å². The lowest BCUT2D eigenvalue weighted by atomic mass is 9.98. The first kappa shape index (κ1) is 22.2. The minimum absolute atomic E-state index is 0.245. The highest BCUT2D eigenvalue weighted by atomic mass is 16.5. The van der Waals surface area contributed by atoms with E-state index in [-0.39, 0.29) is 6.61 Å². The predicted octanol–water partition coefficient (Wildman–Crippen LogP) is 4.21. The molecule has 0 N–H and O–H groups in total. The summed E-state index contributed by atoms with van der Waals surface area (Å²) in [6.07, 6.45) is 0.940. The van der Waals surface area contributed by atoms with Gasteiger partial charge >= 0.3 is 0 Å². The van der Waals surface area contributed by atoms with Gasteiger partial charge in [-0.15, -0.1) is 10.2 Å². The Balaban J connectivity index is 1.44. The molecule has 0 spiro atoms. The van der Waals surface area contributed by atoms with Crippen LogP contribution in [-0.4, -0.2) is 50.1 Å². The second-order valence-corrected chi connectivity index (χ2v) is 8.15. The van der Waals surface area contributed by atoms with Crippen molar-refractivity contribution in [3.05, 3.63) is 52.9 Å². The molecule has 0 amide bonds. The van der Waals surface area contributed by atoms with Gasteiger partial charge in [-0.05, 0) is 47.4 Å². The summed E-state index contributed by atoms with van der Waals surface area (Å²) in [6, 6.07) is 10.1. The van der Waals surface area contributed by atoms with Gasteiger partial charge in [0.25, 0.3) is 5.89 Å². The van der Waals surface area contributed by atoms with Crippen molar-refractivity contribution >= 4 is 11.0 Å². The normalized spacial score (nSPS) is 13.8. The van der Waals surface area contributed by atoms with Crippen LogP contribution >= 0.6 is 0 Å². The highest BCUT2D eigenvalue weighted by Crippen LogP contribution is 2.37. The molecule has 4 aromatic rings. The van der Waals surface area contributed by atoms with E-state index in [2.05, 4.69) is 33.3 Å². The average Bonchev–Trinajstić information content (AvgIpc) is 3.51. The first-order valence-electron chi connectivity index (χ1n) is 11.0. The number of nitrogens with zero attached hydrogens (tertiary/aromatic N) is 3. The average molecular weight is 466 g/mol. The fourth-order valence-corrected chi connectivity index (χ4v) is 4.41. The van der Waals surface area contributed by atoms with Crippen LogP contribution in [0.15, 0.2) is 39.2 Å². The molecule has 0 fully saturated rings. The van der Waals surface area contributed by atoms with Crippen molar-refractivity contribution in [2.24, 2.45) is 0 Å². The third-order valence-electron chi connectivity index (χ3n) is 6.09. The maximum atomic E-state index is 6.10. The SMILES string of the molecule is COCc1nnc(-c2cc3c(CN4CCc5cc(OC)c(OC)cc5C4)ccc(OC)c3o2)o1. The van der Waals surface area contributed by atoms with E-state index >= 15 is 0 Å². The van der Waals surface area contributed by atoms with E-state index in [9.17, 15) is 0 Å². The quantitative estimate of drug-likeness (QED) is 0.379. The summed E-state index contributed by atoms with van der Waals surface area (Å²) in [6.45, 7) is 2.75. The molecule has 0 aliphatic carbocycles. The number of furan rings is 1. The smallest absolute Gasteiger partial charge is 0.283 e. The lowest BCUT2D eigenvalue weighted by Gasteiger charge is -2.29. The minimum atomic E-state index is 0.245. The fourth-order valence-electron chi connectivity index (χ4n) is 4.41. The van der Waals surface area contributed by atoms with E-state index in [4.69, 9.17) is 27.8 Å². The Hall–Kier alpha value is -3.56. The summed E-state index contributed by atoms with van der Waals surface area (Å²) < 4.78 is 33.3. The van der Waals surface area contributed by atoms with Crippen molar-refractivity contribution in [2.75, 3.05) is 35.0 Å². The zero-order chi connectivity index (χ0) is 23.7. The van der Waals surface area contributed by atoms with Gasteiger partial charge in [0.05, 0.1) is 21.3 Å². The Morgan fingerprint density at radius 1 is 0.882 bits per heavy atom. The Morgan fingerprint density at radius 3 is 2.38 bits per heavy atom. The molecule has 5 rings (SSSR count). The zero-order valence-electron chi connectivity index (χ0n) is 19.7. The van der Waals surface area contributed by atoms with Crippen molar-refractivity contribution in [3.63, 3.8) is 0 Å². The molecule has 1 aliphatic heterocycles. The second kappa shape index (κ2) is 9.36. The first-order chi connectivity index (χ1) is 16.6. The predicted molar refractivity (Wildman–Crippen MR) is 124 cm³/mol. The summed E-state index contributed by atoms with van der Waals surface area (Å²) in [5, 5.41) is 9.05. The number of ether oxygens (including phenoxy) is 4. The zero-order valence-corrected chi connectivity index (χ0v) is 19.7. The van der Waals surface area contributed by atoms with Crippen LogP contribution in [-0.2, 0) is 30.9 Å². The molecule has 0 saturated carbocycles. The molecule has 9 heteroatoms. The molecule has 0 saturated heterocycles. The van der Waals surface area contributed by atoms with Gasteiger partial charge in [0, 0.05) is 32.1 Å². The van der Waals surface area contributed by atoms with Crippen molar-refractivity contribution in [1.82, 2.24) is 15.1 Å². The van der Waals surface area contributed by atoms with Gasteiger partial charge in [-0.3, -0.25) is 4.90 Å². The van der Waals surface area contributed by atoms with Crippen LogP contribution in [0, 0.1) is 0 Å².